The van der Waals surface area contributed by atoms with Gasteiger partial charge in [0.2, 0.25) is 0 Å². The zero-order valence-electron chi connectivity index (χ0n) is 18.1. The number of thiazole rings is 1. The molecule has 0 bridgehead atoms. The normalized spacial score (nSPS) is 11.2. The summed E-state index contributed by atoms with van der Waals surface area (Å²) in [6.07, 6.45) is 2.91. The van der Waals surface area contributed by atoms with Gasteiger partial charge in [0.05, 0.1) is 21.9 Å². The van der Waals surface area contributed by atoms with Crippen LogP contribution in [-0.2, 0) is 4.79 Å². The Morgan fingerprint density at radius 3 is 2.52 bits per heavy atom. The van der Waals surface area contributed by atoms with Crippen LogP contribution in [0, 0.1) is 17.0 Å². The maximum Gasteiger partial charge on any atom is 1.00 e. The average Bonchev–Trinajstić information content (AvgIpc) is 3.15. The SMILES string of the molecule is CC(C)(COc1ncc(-c2ccc(Nc3nc4ccc(F)cc4s3)c(F)c2)cn1)C(=O)[O-].[Na+]. The minimum Gasteiger partial charge on any atom is -0.549 e. The van der Waals surface area contributed by atoms with Crippen molar-refractivity contribution in [3.8, 4) is 17.1 Å². The number of carboxylic acid groups (broad SMARTS) is 1. The molecule has 0 atom stereocenters. The van der Waals surface area contributed by atoms with Crippen molar-refractivity contribution in [1.82, 2.24) is 15.0 Å². The molecule has 0 saturated carbocycles. The quantitative estimate of drug-likeness (QED) is 0.395. The van der Waals surface area contributed by atoms with Gasteiger partial charge in [-0.3, -0.25) is 0 Å². The van der Waals surface area contributed by atoms with Crippen molar-refractivity contribution in [2.75, 3.05) is 11.9 Å². The van der Waals surface area contributed by atoms with Crippen LogP contribution in [-0.4, -0.2) is 27.5 Å². The number of rotatable bonds is 7. The first-order chi connectivity index (χ1) is 15.2. The van der Waals surface area contributed by atoms with Gasteiger partial charge < -0.3 is 20.0 Å². The van der Waals surface area contributed by atoms with Crippen LogP contribution in [0.4, 0.5) is 19.6 Å². The van der Waals surface area contributed by atoms with E-state index in [1.54, 1.807) is 18.2 Å². The third kappa shape index (κ3) is 5.83. The fourth-order valence-corrected chi connectivity index (χ4v) is 3.61. The molecule has 2 aromatic heterocycles. The second kappa shape index (κ2) is 10.1. The average molecular weight is 478 g/mol. The molecule has 164 valence electrons. The second-order valence-electron chi connectivity index (χ2n) is 7.67. The summed E-state index contributed by atoms with van der Waals surface area (Å²) in [5, 5.41) is 14.4. The van der Waals surface area contributed by atoms with Crippen LogP contribution in [0.25, 0.3) is 21.3 Å². The number of hydrogen-bond acceptors (Lipinski definition) is 8. The molecular formula is C22H17F2N4NaO3S. The topological polar surface area (TPSA) is 100 Å². The van der Waals surface area contributed by atoms with Crippen LogP contribution >= 0.6 is 11.3 Å². The zero-order chi connectivity index (χ0) is 22.9. The molecule has 4 aromatic rings. The molecule has 2 heterocycles. The molecule has 0 amide bonds. The molecule has 0 saturated heterocycles. The van der Waals surface area contributed by atoms with Gasteiger partial charge in [-0.15, -0.1) is 0 Å². The number of ether oxygens (including phenoxy) is 1. The van der Waals surface area contributed by atoms with Gasteiger partial charge in [0.25, 0.3) is 0 Å². The molecule has 1 N–H and O–H groups in total. The molecule has 0 unspecified atom stereocenters. The summed E-state index contributed by atoms with van der Waals surface area (Å²) >= 11 is 1.22. The molecule has 0 fully saturated rings. The van der Waals surface area contributed by atoms with E-state index < -0.39 is 17.2 Å². The maximum absolute atomic E-state index is 14.7. The number of fused-ring (bicyclic) bond motifs is 1. The van der Waals surface area contributed by atoms with Gasteiger partial charge in [-0.25, -0.2) is 23.7 Å². The van der Waals surface area contributed by atoms with E-state index in [-0.39, 0.29) is 53.7 Å². The first-order valence-electron chi connectivity index (χ1n) is 9.51. The van der Waals surface area contributed by atoms with Crippen molar-refractivity contribution in [3.63, 3.8) is 0 Å². The molecule has 2 aromatic carbocycles. The molecule has 33 heavy (non-hydrogen) atoms. The van der Waals surface area contributed by atoms with E-state index in [0.717, 1.165) is 0 Å². The Morgan fingerprint density at radius 2 is 1.85 bits per heavy atom. The first-order valence-corrected chi connectivity index (χ1v) is 10.3. The molecule has 0 aliphatic carbocycles. The predicted molar refractivity (Wildman–Crippen MR) is 115 cm³/mol. The number of aromatic nitrogens is 3. The van der Waals surface area contributed by atoms with E-state index in [2.05, 4.69) is 20.3 Å². The molecule has 0 radical (unpaired) electrons. The molecule has 0 spiro atoms. The standard InChI is InChI=1S/C22H18F2N4O3S.Na/c1-22(2,19(29)30)11-31-20-25-9-13(10-26-20)12-3-5-16(15(24)7-12)27-21-28-17-6-4-14(23)8-18(17)32-21;/h3-10H,11H2,1-2H3,(H,27,28)(H,29,30);/q;+1/p-1. The minimum atomic E-state index is -1.24. The number of carboxylic acids is 1. The molecule has 4 rings (SSSR count). The Kier molecular flexibility index (Phi) is 7.63. The van der Waals surface area contributed by atoms with Crippen molar-refractivity contribution in [3.05, 3.63) is 60.4 Å². The maximum atomic E-state index is 14.7. The Bertz CT molecular complexity index is 1300. The second-order valence-corrected chi connectivity index (χ2v) is 8.70. The van der Waals surface area contributed by atoms with E-state index in [1.165, 1.54) is 55.8 Å². The summed E-state index contributed by atoms with van der Waals surface area (Å²) in [6, 6.07) is 8.86. The van der Waals surface area contributed by atoms with Crippen molar-refractivity contribution < 1.29 is 53.0 Å². The van der Waals surface area contributed by atoms with Gasteiger partial charge in [0, 0.05) is 23.4 Å². The van der Waals surface area contributed by atoms with Crippen LogP contribution in [0.5, 0.6) is 6.01 Å². The van der Waals surface area contributed by atoms with Crippen LogP contribution in [0.3, 0.4) is 0 Å². The Labute approximate surface area is 214 Å². The fraction of sp³-hybridized carbons (Fsp3) is 0.182. The minimum absolute atomic E-state index is 0. The predicted octanol–water partition coefficient (Wildman–Crippen LogP) is 0.934. The van der Waals surface area contributed by atoms with Crippen molar-refractivity contribution in [2.45, 2.75) is 13.8 Å². The Morgan fingerprint density at radius 1 is 1.12 bits per heavy atom. The number of carbonyl (C=O) groups excluding carboxylic acids is 1. The molecule has 0 aliphatic heterocycles. The smallest absolute Gasteiger partial charge is 0.549 e. The molecule has 11 heteroatoms. The van der Waals surface area contributed by atoms with E-state index >= 15 is 0 Å². The molecule has 7 nitrogen and oxygen atoms in total. The van der Waals surface area contributed by atoms with Gasteiger partial charge in [-0.1, -0.05) is 31.3 Å². The van der Waals surface area contributed by atoms with Gasteiger partial charge in [-0.05, 0) is 35.9 Å². The van der Waals surface area contributed by atoms with Crippen LogP contribution in [0.1, 0.15) is 13.8 Å². The Balaban J connectivity index is 0.00000306. The van der Waals surface area contributed by atoms with Gasteiger partial charge in [0.1, 0.15) is 18.2 Å². The molecular weight excluding hydrogens is 461 g/mol. The number of nitrogens with zero attached hydrogens (tertiary/aromatic N) is 3. The zero-order valence-corrected chi connectivity index (χ0v) is 20.9. The van der Waals surface area contributed by atoms with E-state index in [0.29, 0.717) is 26.5 Å². The number of aliphatic carboxylic acids is 1. The van der Waals surface area contributed by atoms with Crippen molar-refractivity contribution in [1.29, 1.82) is 0 Å². The third-order valence-electron chi connectivity index (χ3n) is 4.64. The van der Waals surface area contributed by atoms with Gasteiger partial charge >= 0.3 is 35.6 Å². The number of benzene rings is 2. The number of nitrogens with one attached hydrogen (secondary N) is 1. The fourth-order valence-electron chi connectivity index (χ4n) is 2.71. The van der Waals surface area contributed by atoms with E-state index in [1.807, 2.05) is 0 Å². The summed E-state index contributed by atoms with van der Waals surface area (Å²) in [5.74, 6) is -2.11. The van der Waals surface area contributed by atoms with Crippen molar-refractivity contribution >= 4 is 38.3 Å². The summed E-state index contributed by atoms with van der Waals surface area (Å²) in [4.78, 5) is 23.4. The summed E-state index contributed by atoms with van der Waals surface area (Å²) in [5.41, 5.74) is 0.751. The van der Waals surface area contributed by atoms with Crippen molar-refractivity contribution in [2.24, 2.45) is 5.41 Å². The summed E-state index contributed by atoms with van der Waals surface area (Å²) in [6.45, 7) is 2.80. The first kappa shape index (κ1) is 25.0. The third-order valence-corrected chi connectivity index (χ3v) is 5.57. The molecule has 0 aliphatic rings. The number of anilines is 2. The summed E-state index contributed by atoms with van der Waals surface area (Å²) in [7, 11) is 0. The van der Waals surface area contributed by atoms with Crippen LogP contribution in [0.15, 0.2) is 48.8 Å². The Hall–Kier alpha value is -2.66. The number of halogens is 2. The van der Waals surface area contributed by atoms with Gasteiger partial charge in [-0.2, -0.15) is 0 Å². The van der Waals surface area contributed by atoms with Gasteiger partial charge in [0.15, 0.2) is 5.13 Å². The summed E-state index contributed by atoms with van der Waals surface area (Å²) < 4.78 is 34.0. The number of hydrogen-bond donors (Lipinski definition) is 1. The number of carbonyl (C=O) groups is 1. The largest absolute Gasteiger partial charge is 1.00 e. The van der Waals surface area contributed by atoms with E-state index in [4.69, 9.17) is 4.74 Å². The monoisotopic (exact) mass is 478 g/mol. The van der Waals surface area contributed by atoms with Crippen LogP contribution < -0.4 is 44.7 Å². The van der Waals surface area contributed by atoms with Crippen LogP contribution in [0.2, 0.25) is 0 Å². The van der Waals surface area contributed by atoms with E-state index in [9.17, 15) is 18.7 Å².